The number of aliphatic hydroxyl groups is 1. The van der Waals surface area contributed by atoms with Gasteiger partial charge in [0.2, 0.25) is 0 Å². The predicted octanol–water partition coefficient (Wildman–Crippen LogP) is 7.51. The average molecular weight is 483 g/mol. The minimum atomic E-state index is -0.518. The maximum atomic E-state index is 13.5. The molecule has 0 fully saturated rings. The number of rotatable bonds is 3. The largest absolute Gasteiger partial charge is 0.507 e. The number of Topliss-reactive ketones (excluding diaryl/α,β-unsaturated/α-hetero) is 1. The molecule has 3 aromatic rings. The van der Waals surface area contributed by atoms with Gasteiger partial charge in [-0.25, -0.2) is 0 Å². The van der Waals surface area contributed by atoms with Gasteiger partial charge in [-0.15, -0.1) is 0 Å². The molecule has 0 radical (unpaired) electrons. The molecule has 35 heavy (non-hydrogen) atoms. The van der Waals surface area contributed by atoms with E-state index >= 15 is 0 Å². The van der Waals surface area contributed by atoms with Gasteiger partial charge in [-0.1, -0.05) is 71.3 Å². The fraction of sp³-hybridized carbons (Fsp3) is 0.200. The van der Waals surface area contributed by atoms with Gasteiger partial charge < -0.3 is 5.11 Å². The highest BCUT2D eigenvalue weighted by Crippen LogP contribution is 2.48. The molecule has 0 aromatic heterocycles. The number of carbonyl (C=O) groups is 1. The Hall–Kier alpha value is -3.63. The summed E-state index contributed by atoms with van der Waals surface area (Å²) in [5, 5.41) is 21.6. The smallest absolute Gasteiger partial charge is 0.161 e. The van der Waals surface area contributed by atoms with Crippen LogP contribution < -0.4 is 4.90 Å². The van der Waals surface area contributed by atoms with Crippen LogP contribution in [0.5, 0.6) is 0 Å². The summed E-state index contributed by atoms with van der Waals surface area (Å²) in [5.74, 6) is -0.262. The number of hydrogen-bond donors (Lipinski definition) is 2. The molecule has 1 aliphatic carbocycles. The van der Waals surface area contributed by atoms with Gasteiger partial charge in [0.1, 0.15) is 11.6 Å². The Morgan fingerprint density at radius 3 is 2.14 bits per heavy atom. The van der Waals surface area contributed by atoms with Crippen molar-refractivity contribution in [1.82, 2.24) is 0 Å². The lowest BCUT2D eigenvalue weighted by Gasteiger charge is -2.41. The zero-order valence-corrected chi connectivity index (χ0v) is 20.6. The minimum absolute atomic E-state index is 0.0180. The molecule has 3 aromatic carbocycles. The number of amidine groups is 1. The van der Waals surface area contributed by atoms with E-state index in [9.17, 15) is 15.3 Å². The predicted molar refractivity (Wildman–Crippen MR) is 142 cm³/mol. The van der Waals surface area contributed by atoms with Gasteiger partial charge >= 0.3 is 0 Å². The van der Waals surface area contributed by atoms with Gasteiger partial charge in [-0.2, -0.15) is 0 Å². The summed E-state index contributed by atoms with van der Waals surface area (Å²) in [4.78, 5) is 15.3. The van der Waals surface area contributed by atoms with Crippen molar-refractivity contribution in [3.63, 3.8) is 0 Å². The summed E-state index contributed by atoms with van der Waals surface area (Å²) in [6, 6.07) is 22.9. The summed E-state index contributed by atoms with van der Waals surface area (Å²) in [5.41, 5.74) is 6.39. The number of carbonyl (C=O) groups excluding carboxylic acids is 1. The molecule has 4 nitrogen and oxygen atoms in total. The number of halogens is 1. The van der Waals surface area contributed by atoms with E-state index in [1.807, 2.05) is 79.4 Å². The van der Waals surface area contributed by atoms with Crippen LogP contribution in [0.15, 0.2) is 89.6 Å². The van der Waals surface area contributed by atoms with Crippen molar-refractivity contribution in [2.24, 2.45) is 0 Å². The standard InChI is InChI=1S/C30H27ClN2O2/c1-18-6-10-20(11-7-18)26-27-24(4-3-5-25(27)34)33(23-16-14-22(31)15-17-23)30(32)28(26)29(35)21-12-8-19(2)9-13-21/h6-17,26,32,35H,3-5H2,1-2H3/b29-28+,32-30?/t26-/m0/s1. The van der Waals surface area contributed by atoms with E-state index in [4.69, 9.17) is 11.6 Å². The van der Waals surface area contributed by atoms with E-state index in [1.54, 1.807) is 12.1 Å². The van der Waals surface area contributed by atoms with Crippen LogP contribution >= 0.6 is 11.6 Å². The van der Waals surface area contributed by atoms with E-state index in [1.165, 1.54) is 0 Å². The second-order valence-corrected chi connectivity index (χ2v) is 9.71. The first-order valence-electron chi connectivity index (χ1n) is 11.8. The van der Waals surface area contributed by atoms with Crippen LogP contribution in [0.2, 0.25) is 5.02 Å². The Balaban J connectivity index is 1.81. The number of hydrogen-bond acceptors (Lipinski definition) is 3. The highest BCUT2D eigenvalue weighted by molar-refractivity contribution is 6.30. The van der Waals surface area contributed by atoms with Gasteiger partial charge in [0.25, 0.3) is 0 Å². The molecule has 1 heterocycles. The SMILES string of the molecule is Cc1ccc(/C(O)=C2\C(=N)N(c3ccc(Cl)cc3)C3=C(C(=O)CCC3)[C@@H]2c2ccc(C)cc2)cc1. The molecule has 1 atom stereocenters. The van der Waals surface area contributed by atoms with Crippen LogP contribution in [0.25, 0.3) is 5.76 Å². The van der Waals surface area contributed by atoms with Crippen LogP contribution in [-0.4, -0.2) is 16.7 Å². The van der Waals surface area contributed by atoms with Crippen molar-refractivity contribution in [2.45, 2.75) is 39.0 Å². The molecule has 0 saturated carbocycles. The second kappa shape index (κ2) is 9.20. The van der Waals surface area contributed by atoms with Crippen molar-refractivity contribution >= 4 is 34.7 Å². The minimum Gasteiger partial charge on any atom is -0.507 e. The fourth-order valence-electron chi connectivity index (χ4n) is 5.03. The zero-order valence-electron chi connectivity index (χ0n) is 19.8. The van der Waals surface area contributed by atoms with Crippen LogP contribution in [0.3, 0.4) is 0 Å². The lowest BCUT2D eigenvalue weighted by Crippen LogP contribution is -2.42. The maximum absolute atomic E-state index is 13.5. The first-order valence-corrected chi connectivity index (χ1v) is 12.2. The summed E-state index contributed by atoms with van der Waals surface area (Å²) >= 11 is 6.15. The molecule has 0 amide bonds. The summed E-state index contributed by atoms with van der Waals surface area (Å²) in [6.45, 7) is 4.01. The van der Waals surface area contributed by atoms with Gasteiger partial charge in [0.15, 0.2) is 5.78 Å². The molecule has 0 unspecified atom stereocenters. The molecule has 0 saturated heterocycles. The molecule has 5 heteroatoms. The molecule has 0 bridgehead atoms. The molecule has 176 valence electrons. The van der Waals surface area contributed by atoms with Crippen LogP contribution in [-0.2, 0) is 4.79 Å². The van der Waals surface area contributed by atoms with Gasteiger partial charge in [0.05, 0.1) is 0 Å². The average Bonchev–Trinajstić information content (AvgIpc) is 2.85. The number of nitrogens with one attached hydrogen (secondary N) is 1. The van der Waals surface area contributed by atoms with E-state index in [2.05, 4.69) is 0 Å². The Morgan fingerprint density at radius 1 is 0.914 bits per heavy atom. The van der Waals surface area contributed by atoms with E-state index in [-0.39, 0.29) is 17.4 Å². The third-order valence-electron chi connectivity index (χ3n) is 6.83. The van der Waals surface area contributed by atoms with E-state index in [0.717, 1.165) is 34.5 Å². The first-order chi connectivity index (χ1) is 16.8. The van der Waals surface area contributed by atoms with Crippen LogP contribution in [0, 0.1) is 19.3 Å². The molecule has 0 spiro atoms. The van der Waals surface area contributed by atoms with E-state index in [0.29, 0.717) is 34.6 Å². The number of benzene rings is 3. The molecule has 2 aliphatic rings. The summed E-state index contributed by atoms with van der Waals surface area (Å²) < 4.78 is 0. The topological polar surface area (TPSA) is 64.4 Å². The second-order valence-electron chi connectivity index (χ2n) is 9.27. The van der Waals surface area contributed by atoms with Crippen molar-refractivity contribution < 1.29 is 9.90 Å². The third kappa shape index (κ3) is 4.19. The molecule has 1 aliphatic heterocycles. The Bertz CT molecular complexity index is 1370. The van der Waals surface area contributed by atoms with Gasteiger partial charge in [0, 0.05) is 45.5 Å². The number of ketones is 1. The quantitative estimate of drug-likeness (QED) is 0.379. The van der Waals surface area contributed by atoms with Crippen LogP contribution in [0.4, 0.5) is 5.69 Å². The highest BCUT2D eigenvalue weighted by Gasteiger charge is 2.43. The number of aliphatic hydroxyl groups excluding tert-OH is 1. The monoisotopic (exact) mass is 482 g/mol. The number of allylic oxidation sites excluding steroid dienone is 2. The van der Waals surface area contributed by atoms with Crippen LogP contribution in [0.1, 0.15) is 47.4 Å². The Labute approximate surface area is 210 Å². The van der Waals surface area contributed by atoms with Crippen molar-refractivity contribution in [3.05, 3.63) is 117 Å². The number of anilines is 1. The van der Waals surface area contributed by atoms with Gasteiger partial charge in [-0.05, 0) is 56.5 Å². The lowest BCUT2D eigenvalue weighted by atomic mass is 9.73. The first kappa shape index (κ1) is 23.1. The van der Waals surface area contributed by atoms with E-state index < -0.39 is 5.92 Å². The Morgan fingerprint density at radius 2 is 1.51 bits per heavy atom. The highest BCUT2D eigenvalue weighted by atomic mass is 35.5. The summed E-state index contributed by atoms with van der Waals surface area (Å²) in [6.07, 6.45) is 1.88. The molecule has 2 N–H and O–H groups in total. The number of aryl methyl sites for hydroxylation is 2. The van der Waals surface area contributed by atoms with Gasteiger partial charge in [-0.3, -0.25) is 15.1 Å². The fourth-order valence-corrected chi connectivity index (χ4v) is 5.15. The summed E-state index contributed by atoms with van der Waals surface area (Å²) in [7, 11) is 0. The molecular weight excluding hydrogens is 456 g/mol. The normalized spacial score (nSPS) is 19.6. The number of nitrogens with zero attached hydrogens (tertiary/aromatic N) is 1. The van der Waals surface area contributed by atoms with Crippen molar-refractivity contribution in [1.29, 1.82) is 5.41 Å². The lowest BCUT2D eigenvalue weighted by molar-refractivity contribution is -0.116. The zero-order chi connectivity index (χ0) is 24.7. The van der Waals surface area contributed by atoms with Crippen molar-refractivity contribution in [3.8, 4) is 0 Å². The third-order valence-corrected chi connectivity index (χ3v) is 7.08. The maximum Gasteiger partial charge on any atom is 0.161 e. The Kier molecular flexibility index (Phi) is 6.08. The molecular formula is C30H27ClN2O2. The molecule has 5 rings (SSSR count). The van der Waals surface area contributed by atoms with Crippen molar-refractivity contribution in [2.75, 3.05) is 4.90 Å².